The average Bonchev–Trinajstić information content (AvgIpc) is 2.87. The van der Waals surface area contributed by atoms with Crippen LogP contribution in [0.25, 0.3) is 11.3 Å². The van der Waals surface area contributed by atoms with Crippen molar-refractivity contribution in [2.24, 2.45) is 5.92 Å². The van der Waals surface area contributed by atoms with Gasteiger partial charge in [0.1, 0.15) is 4.21 Å². The van der Waals surface area contributed by atoms with Gasteiger partial charge in [-0.3, -0.25) is 0 Å². The van der Waals surface area contributed by atoms with Crippen LogP contribution in [0.1, 0.15) is 18.5 Å². The van der Waals surface area contributed by atoms with Crippen molar-refractivity contribution in [3.8, 4) is 11.3 Å². The summed E-state index contributed by atoms with van der Waals surface area (Å²) in [7, 11) is -3.39. The minimum Gasteiger partial charge on any atom is -0.356 e. The number of rotatable bonds is 5. The zero-order valence-corrected chi connectivity index (χ0v) is 12.1. The SMILES string of the molecule is Cc1cc(-c2csc(S(=O)(=O)NCC3CC3)c2)on1. The molecule has 0 spiro atoms. The predicted molar refractivity (Wildman–Crippen MR) is 72.5 cm³/mol. The van der Waals surface area contributed by atoms with Crippen molar-refractivity contribution >= 4 is 21.4 Å². The predicted octanol–water partition coefficient (Wildman–Crippen LogP) is 2.40. The van der Waals surface area contributed by atoms with E-state index in [0.29, 0.717) is 22.4 Å². The zero-order chi connectivity index (χ0) is 13.5. The molecule has 2 aromatic rings. The van der Waals surface area contributed by atoms with Crippen molar-refractivity contribution in [3.63, 3.8) is 0 Å². The van der Waals surface area contributed by atoms with Crippen LogP contribution in [-0.2, 0) is 10.0 Å². The van der Waals surface area contributed by atoms with Gasteiger partial charge in [-0.2, -0.15) is 0 Å². The number of nitrogens with one attached hydrogen (secondary N) is 1. The van der Waals surface area contributed by atoms with Crippen LogP contribution >= 0.6 is 11.3 Å². The summed E-state index contributed by atoms with van der Waals surface area (Å²) in [6, 6.07) is 3.41. The summed E-state index contributed by atoms with van der Waals surface area (Å²) in [4.78, 5) is 0. The molecule has 0 saturated heterocycles. The number of thiophene rings is 1. The van der Waals surface area contributed by atoms with Gasteiger partial charge in [0.15, 0.2) is 5.76 Å². The molecule has 102 valence electrons. The van der Waals surface area contributed by atoms with Gasteiger partial charge in [0.25, 0.3) is 0 Å². The molecule has 1 fully saturated rings. The van der Waals surface area contributed by atoms with Crippen LogP contribution in [-0.4, -0.2) is 20.1 Å². The summed E-state index contributed by atoms with van der Waals surface area (Å²) in [6.45, 7) is 2.37. The second-order valence-electron chi connectivity index (χ2n) is 4.78. The molecule has 19 heavy (non-hydrogen) atoms. The lowest BCUT2D eigenvalue weighted by Gasteiger charge is -2.02. The third-order valence-corrected chi connectivity index (χ3v) is 5.87. The number of aromatic nitrogens is 1. The van der Waals surface area contributed by atoms with Crippen LogP contribution < -0.4 is 4.72 Å². The number of aryl methyl sites for hydroxylation is 1. The Morgan fingerprint density at radius 3 is 2.89 bits per heavy atom. The van der Waals surface area contributed by atoms with Crippen molar-refractivity contribution in [2.45, 2.75) is 24.0 Å². The fraction of sp³-hybridized carbons (Fsp3) is 0.417. The molecule has 2 heterocycles. The summed E-state index contributed by atoms with van der Waals surface area (Å²) in [5.41, 5.74) is 1.52. The number of hydrogen-bond donors (Lipinski definition) is 1. The van der Waals surface area contributed by atoms with Crippen LogP contribution in [0.2, 0.25) is 0 Å². The van der Waals surface area contributed by atoms with E-state index in [9.17, 15) is 8.42 Å². The Labute approximate surface area is 115 Å². The Bertz CT molecular complexity index is 683. The van der Waals surface area contributed by atoms with Gasteiger partial charge in [-0.05, 0) is 31.7 Å². The van der Waals surface area contributed by atoms with Crippen LogP contribution in [0.3, 0.4) is 0 Å². The fourth-order valence-corrected chi connectivity index (χ4v) is 4.04. The molecule has 0 amide bonds. The van der Waals surface area contributed by atoms with Gasteiger partial charge in [-0.1, -0.05) is 5.16 Å². The highest BCUT2D eigenvalue weighted by molar-refractivity contribution is 7.91. The monoisotopic (exact) mass is 298 g/mol. The zero-order valence-electron chi connectivity index (χ0n) is 10.4. The molecule has 1 saturated carbocycles. The molecule has 1 aliphatic rings. The molecule has 7 heteroatoms. The standard InChI is InChI=1S/C12H14N2O3S2/c1-8-4-11(17-14-8)10-5-12(18-7-10)19(15,16)13-6-9-2-3-9/h4-5,7,9,13H,2-3,6H2,1H3. The van der Waals surface area contributed by atoms with E-state index in [1.54, 1.807) is 17.5 Å². The first-order chi connectivity index (χ1) is 9.04. The smallest absolute Gasteiger partial charge is 0.250 e. The van der Waals surface area contributed by atoms with E-state index in [1.807, 2.05) is 6.92 Å². The summed E-state index contributed by atoms with van der Waals surface area (Å²) in [5.74, 6) is 1.11. The molecule has 1 N–H and O–H groups in total. The van der Waals surface area contributed by atoms with Gasteiger partial charge in [0, 0.05) is 23.6 Å². The molecule has 1 aliphatic carbocycles. The second-order valence-corrected chi connectivity index (χ2v) is 7.69. The Hall–Kier alpha value is -1.18. The normalized spacial score (nSPS) is 15.8. The molecule has 0 atom stereocenters. The van der Waals surface area contributed by atoms with E-state index < -0.39 is 10.0 Å². The lowest BCUT2D eigenvalue weighted by molar-refractivity contribution is 0.427. The third-order valence-electron chi connectivity index (χ3n) is 3.01. The molecule has 3 rings (SSSR count). The van der Waals surface area contributed by atoms with E-state index in [1.165, 1.54) is 11.3 Å². The van der Waals surface area contributed by atoms with Crippen LogP contribution in [0.15, 0.2) is 26.2 Å². The highest BCUT2D eigenvalue weighted by Crippen LogP contribution is 2.31. The van der Waals surface area contributed by atoms with Crippen LogP contribution in [0.4, 0.5) is 0 Å². The van der Waals surface area contributed by atoms with Gasteiger partial charge in [0.05, 0.1) is 5.69 Å². The maximum Gasteiger partial charge on any atom is 0.250 e. The van der Waals surface area contributed by atoms with Crippen molar-refractivity contribution in [2.75, 3.05) is 6.54 Å². The minimum atomic E-state index is -3.39. The van der Waals surface area contributed by atoms with Crippen molar-refractivity contribution < 1.29 is 12.9 Å². The van der Waals surface area contributed by atoms with Gasteiger partial charge in [-0.15, -0.1) is 11.3 Å². The minimum absolute atomic E-state index is 0.317. The summed E-state index contributed by atoms with van der Waals surface area (Å²) in [5, 5.41) is 5.57. The highest BCUT2D eigenvalue weighted by Gasteiger charge is 2.25. The van der Waals surface area contributed by atoms with E-state index in [-0.39, 0.29) is 0 Å². The van der Waals surface area contributed by atoms with Gasteiger partial charge in [0.2, 0.25) is 10.0 Å². The lowest BCUT2D eigenvalue weighted by atomic mass is 10.2. The Morgan fingerprint density at radius 1 is 1.47 bits per heavy atom. The Morgan fingerprint density at radius 2 is 2.26 bits per heavy atom. The maximum atomic E-state index is 12.1. The van der Waals surface area contributed by atoms with Crippen molar-refractivity contribution in [1.82, 2.24) is 9.88 Å². The summed E-state index contributed by atoms with van der Waals surface area (Å²) < 4.78 is 32.2. The van der Waals surface area contributed by atoms with Gasteiger partial charge in [-0.25, -0.2) is 13.1 Å². The van der Waals surface area contributed by atoms with Crippen molar-refractivity contribution in [3.05, 3.63) is 23.2 Å². The first-order valence-electron chi connectivity index (χ1n) is 6.06. The average molecular weight is 298 g/mol. The fourth-order valence-electron chi connectivity index (χ4n) is 1.71. The topological polar surface area (TPSA) is 72.2 Å². The maximum absolute atomic E-state index is 12.1. The first-order valence-corrected chi connectivity index (χ1v) is 8.43. The van der Waals surface area contributed by atoms with Gasteiger partial charge >= 0.3 is 0 Å². The van der Waals surface area contributed by atoms with Gasteiger partial charge < -0.3 is 4.52 Å². The quantitative estimate of drug-likeness (QED) is 0.920. The molecule has 0 bridgehead atoms. The third kappa shape index (κ3) is 2.88. The number of hydrogen-bond acceptors (Lipinski definition) is 5. The summed E-state index contributed by atoms with van der Waals surface area (Å²) >= 11 is 1.19. The summed E-state index contributed by atoms with van der Waals surface area (Å²) in [6.07, 6.45) is 2.24. The van der Waals surface area contributed by atoms with E-state index in [0.717, 1.165) is 24.1 Å². The van der Waals surface area contributed by atoms with Crippen LogP contribution in [0, 0.1) is 12.8 Å². The number of sulfonamides is 1. The molecule has 2 aromatic heterocycles. The largest absolute Gasteiger partial charge is 0.356 e. The van der Waals surface area contributed by atoms with E-state index in [2.05, 4.69) is 9.88 Å². The molecule has 0 aromatic carbocycles. The molecule has 5 nitrogen and oxygen atoms in total. The molecular weight excluding hydrogens is 284 g/mol. The number of nitrogens with zero attached hydrogens (tertiary/aromatic N) is 1. The second kappa shape index (κ2) is 4.73. The van der Waals surface area contributed by atoms with Crippen LogP contribution in [0.5, 0.6) is 0 Å². The molecule has 0 aliphatic heterocycles. The lowest BCUT2D eigenvalue weighted by Crippen LogP contribution is -2.25. The van der Waals surface area contributed by atoms with Crippen molar-refractivity contribution in [1.29, 1.82) is 0 Å². The van der Waals surface area contributed by atoms with E-state index >= 15 is 0 Å². The Balaban J connectivity index is 1.79. The molecule has 0 unspecified atom stereocenters. The molecule has 0 radical (unpaired) electrons. The first kappa shape index (κ1) is 12.8. The molecular formula is C12H14N2O3S2. The Kier molecular flexibility index (Phi) is 3.20. The highest BCUT2D eigenvalue weighted by atomic mass is 32.2. The van der Waals surface area contributed by atoms with E-state index in [4.69, 9.17) is 4.52 Å².